The Morgan fingerprint density at radius 3 is 2.14 bits per heavy atom. The molecule has 0 N–H and O–H groups in total. The highest BCUT2D eigenvalue weighted by Gasteiger charge is 2.24. The van der Waals surface area contributed by atoms with Gasteiger partial charge in [0.05, 0.1) is 5.56 Å². The minimum atomic E-state index is -0.921. The van der Waals surface area contributed by atoms with Gasteiger partial charge < -0.3 is 14.4 Å². The molecule has 0 radical (unpaired) electrons. The van der Waals surface area contributed by atoms with E-state index in [1.807, 2.05) is 72.8 Å². The van der Waals surface area contributed by atoms with Crippen LogP contribution < -0.4 is 9.64 Å². The quantitative estimate of drug-likeness (QED) is 0.559. The first-order valence-electron chi connectivity index (χ1n) is 9.35. The maximum Gasteiger partial charge on any atom is 0.339 e. The molecule has 0 spiro atoms. The molecule has 148 valence electrons. The van der Waals surface area contributed by atoms with Crippen molar-refractivity contribution in [2.24, 2.45) is 0 Å². The predicted molar refractivity (Wildman–Crippen MR) is 112 cm³/mol. The van der Waals surface area contributed by atoms with Gasteiger partial charge in [-0.25, -0.2) is 4.79 Å². The van der Waals surface area contributed by atoms with E-state index >= 15 is 0 Å². The number of rotatable bonds is 7. The van der Waals surface area contributed by atoms with Crippen LogP contribution in [0.15, 0.2) is 84.9 Å². The van der Waals surface area contributed by atoms with Crippen LogP contribution in [0.1, 0.15) is 22.8 Å². The molecule has 1 unspecified atom stereocenters. The standard InChI is InChI=1S/C24H23NO4/c1-18(23(26)25(2)20-12-5-3-6-13-20)29-24(27)22-16-10-9-11-19(22)17-28-21-14-7-4-8-15-21/h3-16,18H,17H2,1-2H3. The van der Waals surface area contributed by atoms with E-state index in [0.29, 0.717) is 16.9 Å². The Morgan fingerprint density at radius 1 is 0.862 bits per heavy atom. The number of carbonyl (C=O) groups excluding carboxylic acids is 2. The number of amides is 1. The van der Waals surface area contributed by atoms with Crippen LogP contribution in [0.25, 0.3) is 0 Å². The third kappa shape index (κ3) is 5.23. The SMILES string of the molecule is CC(OC(=O)c1ccccc1COc1ccccc1)C(=O)N(C)c1ccccc1. The van der Waals surface area contributed by atoms with Crippen LogP contribution in [0.3, 0.4) is 0 Å². The zero-order chi connectivity index (χ0) is 20.6. The Labute approximate surface area is 170 Å². The maximum absolute atomic E-state index is 12.7. The van der Waals surface area contributed by atoms with Gasteiger partial charge in [-0.15, -0.1) is 0 Å². The molecule has 0 heterocycles. The number of hydrogen-bond donors (Lipinski definition) is 0. The Morgan fingerprint density at radius 2 is 1.45 bits per heavy atom. The molecule has 5 nitrogen and oxygen atoms in total. The van der Waals surface area contributed by atoms with Gasteiger partial charge in [-0.1, -0.05) is 54.6 Å². The summed E-state index contributed by atoms with van der Waals surface area (Å²) in [4.78, 5) is 26.8. The summed E-state index contributed by atoms with van der Waals surface area (Å²) in [7, 11) is 1.66. The highest BCUT2D eigenvalue weighted by Crippen LogP contribution is 2.18. The average Bonchev–Trinajstić information content (AvgIpc) is 2.78. The van der Waals surface area contributed by atoms with E-state index in [4.69, 9.17) is 9.47 Å². The molecule has 0 aliphatic heterocycles. The predicted octanol–water partition coefficient (Wildman–Crippen LogP) is 4.47. The van der Waals surface area contributed by atoms with Crippen LogP contribution in [0.5, 0.6) is 5.75 Å². The van der Waals surface area contributed by atoms with Crippen molar-refractivity contribution in [2.45, 2.75) is 19.6 Å². The molecule has 3 aromatic carbocycles. The van der Waals surface area contributed by atoms with Gasteiger partial charge in [0.25, 0.3) is 5.91 Å². The fraction of sp³-hybridized carbons (Fsp3) is 0.167. The Bertz CT molecular complexity index is 957. The van der Waals surface area contributed by atoms with Crippen molar-refractivity contribution in [1.29, 1.82) is 0 Å². The zero-order valence-corrected chi connectivity index (χ0v) is 16.4. The number of likely N-dealkylation sites (N-methyl/N-ethyl adjacent to an activating group) is 1. The van der Waals surface area contributed by atoms with E-state index < -0.39 is 12.1 Å². The van der Waals surface area contributed by atoms with Crippen molar-refractivity contribution in [3.8, 4) is 5.75 Å². The lowest BCUT2D eigenvalue weighted by molar-refractivity contribution is -0.126. The number of carbonyl (C=O) groups is 2. The molecule has 0 aliphatic rings. The van der Waals surface area contributed by atoms with E-state index in [1.54, 1.807) is 26.1 Å². The third-order valence-corrected chi connectivity index (χ3v) is 4.48. The summed E-state index contributed by atoms with van der Waals surface area (Å²) in [6.07, 6.45) is -0.921. The summed E-state index contributed by atoms with van der Waals surface area (Å²) in [6, 6.07) is 25.6. The molecule has 0 aromatic heterocycles. The van der Waals surface area contributed by atoms with Crippen LogP contribution in [-0.4, -0.2) is 25.0 Å². The third-order valence-electron chi connectivity index (χ3n) is 4.48. The van der Waals surface area contributed by atoms with Gasteiger partial charge in [0, 0.05) is 18.3 Å². The summed E-state index contributed by atoms with van der Waals surface area (Å²) in [5.41, 5.74) is 1.81. The van der Waals surface area contributed by atoms with Crippen molar-refractivity contribution >= 4 is 17.6 Å². The van der Waals surface area contributed by atoms with E-state index in [2.05, 4.69) is 0 Å². The van der Waals surface area contributed by atoms with Crippen molar-refractivity contribution in [2.75, 3.05) is 11.9 Å². The van der Waals surface area contributed by atoms with E-state index in [9.17, 15) is 9.59 Å². The average molecular weight is 389 g/mol. The second-order valence-electron chi connectivity index (χ2n) is 6.54. The minimum absolute atomic E-state index is 0.224. The number of nitrogens with zero attached hydrogens (tertiary/aromatic N) is 1. The normalized spacial score (nSPS) is 11.4. The summed E-state index contributed by atoms with van der Waals surface area (Å²) < 4.78 is 11.2. The first kappa shape index (κ1) is 20.1. The van der Waals surface area contributed by atoms with Gasteiger partial charge in [0.15, 0.2) is 6.10 Å². The molecule has 3 rings (SSSR count). The smallest absolute Gasteiger partial charge is 0.339 e. The first-order valence-corrected chi connectivity index (χ1v) is 9.35. The lowest BCUT2D eigenvalue weighted by Crippen LogP contribution is -2.37. The summed E-state index contributed by atoms with van der Waals surface area (Å²) in [5, 5.41) is 0. The molecule has 29 heavy (non-hydrogen) atoms. The Hall–Kier alpha value is -3.60. The van der Waals surface area contributed by atoms with Crippen molar-refractivity contribution < 1.29 is 19.1 Å². The fourth-order valence-corrected chi connectivity index (χ4v) is 2.85. The molecular weight excluding hydrogens is 366 g/mol. The molecule has 0 saturated carbocycles. The van der Waals surface area contributed by atoms with Gasteiger partial charge in [-0.3, -0.25) is 4.79 Å². The lowest BCUT2D eigenvalue weighted by Gasteiger charge is -2.22. The van der Waals surface area contributed by atoms with Gasteiger partial charge in [-0.05, 0) is 37.3 Å². The first-order chi connectivity index (χ1) is 14.1. The number of ether oxygens (including phenoxy) is 2. The van der Waals surface area contributed by atoms with Crippen LogP contribution in [0.2, 0.25) is 0 Å². The second-order valence-corrected chi connectivity index (χ2v) is 6.54. The number of anilines is 1. The van der Waals surface area contributed by atoms with Crippen LogP contribution >= 0.6 is 0 Å². The number of benzene rings is 3. The largest absolute Gasteiger partial charge is 0.489 e. The molecule has 0 saturated heterocycles. The van der Waals surface area contributed by atoms with Crippen molar-refractivity contribution in [3.63, 3.8) is 0 Å². The molecular formula is C24H23NO4. The summed E-state index contributed by atoms with van der Waals surface area (Å²) in [6.45, 7) is 1.80. The highest BCUT2D eigenvalue weighted by molar-refractivity contribution is 5.99. The second kappa shape index (κ2) is 9.55. The zero-order valence-electron chi connectivity index (χ0n) is 16.4. The molecule has 0 fully saturated rings. The molecule has 3 aromatic rings. The van der Waals surface area contributed by atoms with Crippen LogP contribution in [0.4, 0.5) is 5.69 Å². The number of para-hydroxylation sites is 2. The van der Waals surface area contributed by atoms with Crippen molar-refractivity contribution in [3.05, 3.63) is 96.1 Å². The molecule has 5 heteroatoms. The fourth-order valence-electron chi connectivity index (χ4n) is 2.85. The maximum atomic E-state index is 12.7. The Balaban J connectivity index is 1.66. The van der Waals surface area contributed by atoms with Gasteiger partial charge in [0.2, 0.25) is 0 Å². The van der Waals surface area contributed by atoms with Gasteiger partial charge >= 0.3 is 5.97 Å². The van der Waals surface area contributed by atoms with Crippen molar-refractivity contribution in [1.82, 2.24) is 0 Å². The molecule has 0 bridgehead atoms. The molecule has 1 atom stereocenters. The van der Waals surface area contributed by atoms with Crippen LogP contribution in [0, 0.1) is 0 Å². The molecule has 0 aliphatic carbocycles. The monoisotopic (exact) mass is 389 g/mol. The highest BCUT2D eigenvalue weighted by atomic mass is 16.5. The number of esters is 1. The topological polar surface area (TPSA) is 55.8 Å². The number of hydrogen-bond acceptors (Lipinski definition) is 4. The minimum Gasteiger partial charge on any atom is -0.489 e. The van der Waals surface area contributed by atoms with E-state index in [1.165, 1.54) is 4.90 Å². The molecule has 1 amide bonds. The van der Waals surface area contributed by atoms with Gasteiger partial charge in [-0.2, -0.15) is 0 Å². The lowest BCUT2D eigenvalue weighted by atomic mass is 10.1. The van der Waals surface area contributed by atoms with Crippen LogP contribution in [-0.2, 0) is 16.1 Å². The van der Waals surface area contributed by atoms with E-state index in [-0.39, 0.29) is 12.5 Å². The summed E-state index contributed by atoms with van der Waals surface area (Å²) >= 11 is 0. The summed E-state index contributed by atoms with van der Waals surface area (Å²) in [5.74, 6) is -0.147. The van der Waals surface area contributed by atoms with Gasteiger partial charge in [0.1, 0.15) is 12.4 Å². The Kier molecular flexibility index (Phi) is 6.63. The van der Waals surface area contributed by atoms with E-state index in [0.717, 1.165) is 5.69 Å².